The van der Waals surface area contributed by atoms with Crippen LogP contribution >= 0.6 is 0 Å². The molecule has 5 nitrogen and oxygen atoms in total. The SMILES string of the molecule is CCN1CCN(C(=O)c2ccc(C(=O)Nc3ccc(F)cc3F)cc2)CC1. The zero-order valence-corrected chi connectivity index (χ0v) is 15.0. The first-order chi connectivity index (χ1) is 13.0. The predicted octanol–water partition coefficient (Wildman–Crippen LogP) is 2.99. The highest BCUT2D eigenvalue weighted by atomic mass is 19.1. The van der Waals surface area contributed by atoms with Gasteiger partial charge in [0.05, 0.1) is 5.69 Å². The molecular weight excluding hydrogens is 352 g/mol. The van der Waals surface area contributed by atoms with Crippen molar-refractivity contribution in [1.29, 1.82) is 0 Å². The largest absolute Gasteiger partial charge is 0.336 e. The van der Waals surface area contributed by atoms with Crippen LogP contribution < -0.4 is 5.32 Å². The minimum Gasteiger partial charge on any atom is -0.336 e. The zero-order chi connectivity index (χ0) is 19.4. The molecule has 1 N–H and O–H groups in total. The Morgan fingerprint density at radius 3 is 2.19 bits per heavy atom. The Balaban J connectivity index is 1.64. The van der Waals surface area contributed by atoms with Crippen molar-refractivity contribution in [2.24, 2.45) is 0 Å². The fourth-order valence-electron chi connectivity index (χ4n) is 3.00. The molecule has 2 aromatic carbocycles. The zero-order valence-electron chi connectivity index (χ0n) is 15.0. The summed E-state index contributed by atoms with van der Waals surface area (Å²) in [5.74, 6) is -2.16. The number of benzene rings is 2. The monoisotopic (exact) mass is 373 g/mol. The molecule has 1 fully saturated rings. The molecule has 2 aromatic rings. The van der Waals surface area contributed by atoms with Crippen molar-refractivity contribution in [3.05, 3.63) is 65.2 Å². The second kappa shape index (κ2) is 8.26. The molecule has 1 saturated heterocycles. The molecule has 1 aliphatic heterocycles. The lowest BCUT2D eigenvalue weighted by Gasteiger charge is -2.34. The average Bonchev–Trinajstić information content (AvgIpc) is 2.69. The number of carbonyl (C=O) groups excluding carboxylic acids is 2. The van der Waals surface area contributed by atoms with Gasteiger partial charge in [0, 0.05) is 43.4 Å². The van der Waals surface area contributed by atoms with Crippen LogP contribution in [0, 0.1) is 11.6 Å². The molecule has 1 heterocycles. The third-order valence-electron chi connectivity index (χ3n) is 4.68. The van der Waals surface area contributed by atoms with E-state index >= 15 is 0 Å². The Labute approximate surface area is 156 Å². The molecule has 142 valence electrons. The molecule has 0 saturated carbocycles. The van der Waals surface area contributed by atoms with Gasteiger partial charge in [-0.05, 0) is 42.9 Å². The van der Waals surface area contributed by atoms with Crippen LogP contribution in [0.1, 0.15) is 27.6 Å². The second-order valence-corrected chi connectivity index (χ2v) is 6.38. The van der Waals surface area contributed by atoms with Crippen molar-refractivity contribution in [1.82, 2.24) is 9.80 Å². The van der Waals surface area contributed by atoms with Gasteiger partial charge in [-0.2, -0.15) is 0 Å². The standard InChI is InChI=1S/C20H21F2N3O2/c1-2-24-9-11-25(12-10-24)20(27)15-5-3-14(4-6-15)19(26)23-18-8-7-16(21)13-17(18)22/h3-8,13H,2,9-12H2,1H3,(H,23,26). The molecule has 0 radical (unpaired) electrons. The van der Waals surface area contributed by atoms with Gasteiger partial charge < -0.3 is 15.1 Å². The smallest absolute Gasteiger partial charge is 0.255 e. The van der Waals surface area contributed by atoms with Gasteiger partial charge in [-0.1, -0.05) is 6.92 Å². The van der Waals surface area contributed by atoms with Crippen LogP contribution in [0.25, 0.3) is 0 Å². The Hall–Kier alpha value is -2.80. The quantitative estimate of drug-likeness (QED) is 0.897. The lowest BCUT2D eigenvalue weighted by molar-refractivity contribution is 0.0643. The van der Waals surface area contributed by atoms with Gasteiger partial charge in [0.25, 0.3) is 11.8 Å². The molecule has 0 unspecified atom stereocenters. The van der Waals surface area contributed by atoms with Crippen molar-refractivity contribution in [3.63, 3.8) is 0 Å². The maximum Gasteiger partial charge on any atom is 0.255 e. The van der Waals surface area contributed by atoms with E-state index in [9.17, 15) is 18.4 Å². The van der Waals surface area contributed by atoms with Crippen LogP contribution in [0.3, 0.4) is 0 Å². The number of hydrogen-bond donors (Lipinski definition) is 1. The first-order valence-electron chi connectivity index (χ1n) is 8.86. The summed E-state index contributed by atoms with van der Waals surface area (Å²) in [4.78, 5) is 28.9. The van der Waals surface area contributed by atoms with Gasteiger partial charge in [0.1, 0.15) is 11.6 Å². The van der Waals surface area contributed by atoms with Crippen LogP contribution in [0.5, 0.6) is 0 Å². The Kier molecular flexibility index (Phi) is 5.81. The van der Waals surface area contributed by atoms with E-state index in [1.165, 1.54) is 12.1 Å². The fraction of sp³-hybridized carbons (Fsp3) is 0.300. The molecule has 27 heavy (non-hydrogen) atoms. The van der Waals surface area contributed by atoms with Gasteiger partial charge in [-0.15, -0.1) is 0 Å². The van der Waals surface area contributed by atoms with E-state index in [4.69, 9.17) is 0 Å². The molecule has 3 rings (SSSR count). The molecule has 0 atom stereocenters. The molecule has 7 heteroatoms. The molecule has 2 amide bonds. The molecule has 0 bridgehead atoms. The van der Waals surface area contributed by atoms with E-state index in [-0.39, 0.29) is 17.2 Å². The Bertz CT molecular complexity index is 832. The topological polar surface area (TPSA) is 52.7 Å². The van der Waals surface area contributed by atoms with E-state index in [1.807, 2.05) is 0 Å². The lowest BCUT2D eigenvalue weighted by Crippen LogP contribution is -2.48. The minimum atomic E-state index is -0.846. The number of nitrogens with one attached hydrogen (secondary N) is 1. The highest BCUT2D eigenvalue weighted by Crippen LogP contribution is 2.17. The lowest BCUT2D eigenvalue weighted by atomic mass is 10.1. The number of halogens is 2. The summed E-state index contributed by atoms with van der Waals surface area (Å²) in [7, 11) is 0. The number of piperazine rings is 1. The summed E-state index contributed by atoms with van der Waals surface area (Å²) in [6.45, 7) is 6.13. The van der Waals surface area contributed by atoms with E-state index in [2.05, 4.69) is 17.1 Å². The number of nitrogens with zero attached hydrogens (tertiary/aromatic N) is 2. The van der Waals surface area contributed by atoms with Crippen LogP contribution in [0.2, 0.25) is 0 Å². The van der Waals surface area contributed by atoms with E-state index in [0.717, 1.165) is 31.8 Å². The van der Waals surface area contributed by atoms with Gasteiger partial charge in [-0.25, -0.2) is 8.78 Å². The number of rotatable bonds is 4. The third kappa shape index (κ3) is 4.49. The molecular formula is C20H21F2N3O2. The van der Waals surface area contributed by atoms with Crippen molar-refractivity contribution in [2.45, 2.75) is 6.92 Å². The highest BCUT2D eigenvalue weighted by molar-refractivity contribution is 6.05. The third-order valence-corrected chi connectivity index (χ3v) is 4.68. The predicted molar refractivity (Wildman–Crippen MR) is 98.8 cm³/mol. The van der Waals surface area contributed by atoms with Gasteiger partial charge >= 0.3 is 0 Å². The summed E-state index contributed by atoms with van der Waals surface area (Å²) in [6, 6.07) is 9.15. The highest BCUT2D eigenvalue weighted by Gasteiger charge is 2.21. The number of anilines is 1. The Morgan fingerprint density at radius 2 is 1.59 bits per heavy atom. The first kappa shape index (κ1) is 19.0. The number of carbonyl (C=O) groups is 2. The van der Waals surface area contributed by atoms with Crippen LogP contribution in [0.4, 0.5) is 14.5 Å². The van der Waals surface area contributed by atoms with Gasteiger partial charge in [-0.3, -0.25) is 9.59 Å². The number of likely N-dealkylation sites (N-methyl/N-ethyl adjacent to an activating group) is 1. The molecule has 0 spiro atoms. The summed E-state index contributed by atoms with van der Waals surface area (Å²) < 4.78 is 26.6. The molecule has 0 aromatic heterocycles. The fourth-order valence-corrected chi connectivity index (χ4v) is 3.00. The van der Waals surface area contributed by atoms with Crippen LogP contribution in [-0.4, -0.2) is 54.3 Å². The van der Waals surface area contributed by atoms with E-state index in [0.29, 0.717) is 24.7 Å². The van der Waals surface area contributed by atoms with Crippen molar-refractivity contribution in [3.8, 4) is 0 Å². The van der Waals surface area contributed by atoms with Crippen molar-refractivity contribution >= 4 is 17.5 Å². The van der Waals surface area contributed by atoms with E-state index in [1.54, 1.807) is 17.0 Å². The maximum atomic E-state index is 13.6. The number of amides is 2. The average molecular weight is 373 g/mol. The normalized spacial score (nSPS) is 14.9. The molecule has 1 aliphatic rings. The minimum absolute atomic E-state index is 0.0673. The maximum absolute atomic E-state index is 13.6. The van der Waals surface area contributed by atoms with Crippen LogP contribution in [-0.2, 0) is 0 Å². The van der Waals surface area contributed by atoms with Gasteiger partial charge in [0.15, 0.2) is 0 Å². The summed E-state index contributed by atoms with van der Waals surface area (Å²) in [5, 5.41) is 2.40. The first-order valence-corrected chi connectivity index (χ1v) is 8.86. The van der Waals surface area contributed by atoms with E-state index < -0.39 is 17.5 Å². The second-order valence-electron chi connectivity index (χ2n) is 6.38. The Morgan fingerprint density at radius 1 is 0.963 bits per heavy atom. The summed E-state index contributed by atoms with van der Waals surface area (Å²) >= 11 is 0. The van der Waals surface area contributed by atoms with Crippen molar-refractivity contribution < 1.29 is 18.4 Å². The number of hydrogen-bond acceptors (Lipinski definition) is 3. The summed E-state index contributed by atoms with van der Waals surface area (Å²) in [6.07, 6.45) is 0. The van der Waals surface area contributed by atoms with Crippen LogP contribution in [0.15, 0.2) is 42.5 Å². The van der Waals surface area contributed by atoms with Gasteiger partial charge in [0.2, 0.25) is 0 Å². The summed E-state index contributed by atoms with van der Waals surface area (Å²) in [5.41, 5.74) is 0.686. The molecule has 0 aliphatic carbocycles. The van der Waals surface area contributed by atoms with Crippen molar-refractivity contribution in [2.75, 3.05) is 38.0 Å².